The zero-order valence-corrected chi connectivity index (χ0v) is 7.91. The zero-order chi connectivity index (χ0) is 8.15. The summed E-state index contributed by atoms with van der Waals surface area (Å²) < 4.78 is 12.3. The highest BCUT2D eigenvalue weighted by atomic mass is 35.5. The number of carboxylic acid groups (broad SMARTS) is 1. The molecule has 0 bridgehead atoms. The van der Waals surface area contributed by atoms with E-state index in [0.29, 0.717) is 0 Å². The zero-order valence-electron chi connectivity index (χ0n) is 6.27. The van der Waals surface area contributed by atoms with Crippen LogP contribution in [0.25, 0.3) is 0 Å². The monoisotopic (exact) mass is 222 g/mol. The summed E-state index contributed by atoms with van der Waals surface area (Å²) in [6.45, 7) is -0.180. The van der Waals surface area contributed by atoms with Crippen LogP contribution >= 0.6 is 24.8 Å². The van der Waals surface area contributed by atoms with Gasteiger partial charge in [0.05, 0.1) is 0 Å². The molecule has 2 atom stereocenters. The molecule has 0 saturated carbocycles. The Morgan fingerprint density at radius 1 is 1.50 bits per heavy atom. The quantitative estimate of drug-likeness (QED) is 0.622. The molecule has 0 heterocycles. The summed E-state index contributed by atoms with van der Waals surface area (Å²) in [6.07, 6.45) is -1.53. The first-order chi connectivity index (χ1) is 4.57. The Bertz CT molecular complexity index is 128. The SMILES string of the molecule is Cl.Cl.NC[C@@H](F)C[C@H](N)C(=O)O. The number of carboxylic acids is 1. The normalized spacial score (nSPS) is 13.6. The van der Waals surface area contributed by atoms with Crippen molar-refractivity contribution in [3.05, 3.63) is 0 Å². The summed E-state index contributed by atoms with van der Waals surface area (Å²) in [6, 6.07) is -1.14. The Labute approximate surface area is 82.3 Å². The Balaban J connectivity index is -0.000000405. The van der Waals surface area contributed by atoms with Crippen molar-refractivity contribution in [3.8, 4) is 0 Å². The molecule has 0 spiro atoms. The molecule has 4 nitrogen and oxygen atoms in total. The van der Waals surface area contributed by atoms with Crippen LogP contribution in [0.5, 0.6) is 0 Å². The van der Waals surface area contributed by atoms with Gasteiger partial charge in [-0.25, -0.2) is 4.39 Å². The van der Waals surface area contributed by atoms with Crippen LogP contribution in [0, 0.1) is 0 Å². The molecule has 0 amide bonds. The average molecular weight is 223 g/mol. The predicted molar refractivity (Wildman–Crippen MR) is 48.7 cm³/mol. The van der Waals surface area contributed by atoms with E-state index in [0.717, 1.165) is 0 Å². The number of nitrogens with two attached hydrogens (primary N) is 2. The fourth-order valence-electron chi connectivity index (χ4n) is 0.473. The summed E-state index contributed by atoms with van der Waals surface area (Å²) in [5.41, 5.74) is 9.89. The second kappa shape index (κ2) is 8.99. The molecule has 0 aliphatic carbocycles. The van der Waals surface area contributed by atoms with Gasteiger partial charge in [0, 0.05) is 13.0 Å². The fourth-order valence-corrected chi connectivity index (χ4v) is 0.473. The van der Waals surface area contributed by atoms with Crippen molar-refractivity contribution >= 4 is 30.8 Å². The molecule has 7 heteroatoms. The summed E-state index contributed by atoms with van der Waals surface area (Å²) in [7, 11) is 0. The van der Waals surface area contributed by atoms with E-state index in [1.807, 2.05) is 0 Å². The molecule has 12 heavy (non-hydrogen) atoms. The minimum atomic E-state index is -1.31. The maximum Gasteiger partial charge on any atom is 0.320 e. The second-order valence-corrected chi connectivity index (χ2v) is 2.01. The highest BCUT2D eigenvalue weighted by molar-refractivity contribution is 5.85. The summed E-state index contributed by atoms with van der Waals surface area (Å²) >= 11 is 0. The van der Waals surface area contributed by atoms with Gasteiger partial charge in [-0.2, -0.15) is 0 Å². The molecule has 0 aliphatic rings. The largest absolute Gasteiger partial charge is 0.480 e. The van der Waals surface area contributed by atoms with Crippen molar-refractivity contribution in [1.29, 1.82) is 0 Å². The van der Waals surface area contributed by atoms with Crippen molar-refractivity contribution in [2.75, 3.05) is 6.54 Å². The van der Waals surface area contributed by atoms with E-state index in [4.69, 9.17) is 16.6 Å². The van der Waals surface area contributed by atoms with Crippen LogP contribution in [-0.4, -0.2) is 29.8 Å². The Morgan fingerprint density at radius 2 is 1.92 bits per heavy atom. The summed E-state index contributed by atoms with van der Waals surface area (Å²) in [5.74, 6) is -1.20. The maximum absolute atomic E-state index is 12.3. The van der Waals surface area contributed by atoms with Crippen LogP contribution in [0.2, 0.25) is 0 Å². The molecule has 0 aromatic rings. The molecule has 0 fully saturated rings. The first kappa shape index (κ1) is 17.8. The molecule has 0 aliphatic heterocycles. The number of carbonyl (C=O) groups is 1. The van der Waals surface area contributed by atoms with Crippen LogP contribution in [-0.2, 0) is 4.79 Å². The van der Waals surface area contributed by atoms with E-state index >= 15 is 0 Å². The standard InChI is InChI=1S/C5H11FN2O2.2ClH/c6-3(2-7)1-4(8)5(9)10;;/h3-4H,1-2,7-8H2,(H,9,10);2*1H/t3-,4-;;/m0../s1. The third-order valence-corrected chi connectivity index (χ3v) is 1.08. The van der Waals surface area contributed by atoms with Crippen molar-refractivity contribution < 1.29 is 14.3 Å². The lowest BCUT2D eigenvalue weighted by molar-refractivity contribution is -0.139. The first-order valence-electron chi connectivity index (χ1n) is 2.90. The minimum Gasteiger partial charge on any atom is -0.480 e. The van der Waals surface area contributed by atoms with Gasteiger partial charge in [-0.1, -0.05) is 0 Å². The van der Waals surface area contributed by atoms with Gasteiger partial charge in [0.15, 0.2) is 0 Å². The lowest BCUT2D eigenvalue weighted by Crippen LogP contribution is -2.34. The predicted octanol–water partition coefficient (Wildman–Crippen LogP) is -0.0712. The first-order valence-corrected chi connectivity index (χ1v) is 2.90. The lowest BCUT2D eigenvalue weighted by Gasteiger charge is -2.07. The molecule has 0 saturated heterocycles. The van der Waals surface area contributed by atoms with Gasteiger partial charge in [-0.3, -0.25) is 4.79 Å². The maximum atomic E-state index is 12.3. The van der Waals surface area contributed by atoms with Crippen LogP contribution < -0.4 is 11.5 Å². The molecule has 0 unspecified atom stereocenters. The van der Waals surface area contributed by atoms with E-state index in [9.17, 15) is 9.18 Å². The summed E-state index contributed by atoms with van der Waals surface area (Å²) in [5, 5.41) is 8.19. The van der Waals surface area contributed by atoms with E-state index in [1.54, 1.807) is 0 Å². The van der Waals surface area contributed by atoms with Crippen molar-refractivity contribution in [3.63, 3.8) is 0 Å². The van der Waals surface area contributed by atoms with Crippen LogP contribution in [0.15, 0.2) is 0 Å². The number of aliphatic carboxylic acids is 1. The second-order valence-electron chi connectivity index (χ2n) is 2.01. The van der Waals surface area contributed by atoms with Crippen molar-refractivity contribution in [1.82, 2.24) is 0 Å². The van der Waals surface area contributed by atoms with Crippen LogP contribution in [0.1, 0.15) is 6.42 Å². The molecule has 5 N–H and O–H groups in total. The molecular weight excluding hydrogens is 210 g/mol. The molecule has 0 radical (unpaired) electrons. The van der Waals surface area contributed by atoms with E-state index in [-0.39, 0.29) is 37.8 Å². The summed E-state index contributed by atoms with van der Waals surface area (Å²) in [4.78, 5) is 10.0. The van der Waals surface area contributed by atoms with Gasteiger partial charge in [-0.15, -0.1) is 24.8 Å². The third-order valence-electron chi connectivity index (χ3n) is 1.08. The number of hydrogen-bond donors (Lipinski definition) is 3. The van der Waals surface area contributed by atoms with Gasteiger partial charge in [-0.05, 0) is 0 Å². The topological polar surface area (TPSA) is 89.3 Å². The molecule has 76 valence electrons. The number of alkyl halides is 1. The van der Waals surface area contributed by atoms with Gasteiger partial charge in [0.25, 0.3) is 0 Å². The lowest BCUT2D eigenvalue weighted by atomic mass is 10.1. The average Bonchev–Trinajstić information content (AvgIpc) is 1.87. The van der Waals surface area contributed by atoms with E-state index in [1.165, 1.54) is 0 Å². The van der Waals surface area contributed by atoms with Gasteiger partial charge < -0.3 is 16.6 Å². The molecular formula is C5H13Cl2FN2O2. The Morgan fingerprint density at radius 3 is 2.17 bits per heavy atom. The Kier molecular flexibility index (Phi) is 13.4. The van der Waals surface area contributed by atoms with Crippen molar-refractivity contribution in [2.45, 2.75) is 18.6 Å². The smallest absolute Gasteiger partial charge is 0.320 e. The highest BCUT2D eigenvalue weighted by Crippen LogP contribution is 1.98. The third kappa shape index (κ3) is 8.00. The number of rotatable bonds is 4. The van der Waals surface area contributed by atoms with Crippen molar-refractivity contribution in [2.24, 2.45) is 11.5 Å². The number of hydrogen-bond acceptors (Lipinski definition) is 3. The fraction of sp³-hybridized carbons (Fsp3) is 0.800. The number of halogens is 3. The molecule has 0 rings (SSSR count). The minimum absolute atomic E-state index is 0. The molecule has 0 aromatic heterocycles. The van der Waals surface area contributed by atoms with Gasteiger partial charge in [0.2, 0.25) is 0 Å². The van der Waals surface area contributed by atoms with Gasteiger partial charge in [0.1, 0.15) is 12.2 Å². The highest BCUT2D eigenvalue weighted by Gasteiger charge is 2.16. The van der Waals surface area contributed by atoms with Crippen LogP contribution in [0.3, 0.4) is 0 Å². The Hall–Kier alpha value is -0.100. The van der Waals surface area contributed by atoms with E-state index in [2.05, 4.69) is 0 Å². The van der Waals surface area contributed by atoms with Crippen LogP contribution in [0.4, 0.5) is 4.39 Å². The molecule has 0 aromatic carbocycles. The van der Waals surface area contributed by atoms with E-state index < -0.39 is 18.2 Å². The van der Waals surface area contributed by atoms with Gasteiger partial charge >= 0.3 is 5.97 Å².